The number of anilines is 1. The van der Waals surface area contributed by atoms with E-state index >= 15 is 0 Å². The molecule has 2 rings (SSSR count). The van der Waals surface area contributed by atoms with Crippen molar-refractivity contribution in [2.24, 2.45) is 0 Å². The van der Waals surface area contributed by atoms with Gasteiger partial charge in [0, 0.05) is 18.8 Å². The zero-order chi connectivity index (χ0) is 13.8. The maximum Gasteiger partial charge on any atom is 0.339 e. The van der Waals surface area contributed by atoms with E-state index in [1.54, 1.807) is 6.92 Å². The Morgan fingerprint density at radius 2 is 2.21 bits per heavy atom. The lowest BCUT2D eigenvalue weighted by Crippen LogP contribution is -2.44. The zero-order valence-corrected chi connectivity index (χ0v) is 11.4. The quantitative estimate of drug-likeness (QED) is 0.846. The molecule has 1 fully saturated rings. The minimum absolute atomic E-state index is 0.171. The van der Waals surface area contributed by atoms with Crippen molar-refractivity contribution < 1.29 is 9.90 Å². The molecule has 2 N–H and O–H groups in total. The largest absolute Gasteiger partial charge is 0.478 e. The molecule has 0 spiro atoms. The summed E-state index contributed by atoms with van der Waals surface area (Å²) in [6.07, 6.45) is 3.54. The maximum absolute atomic E-state index is 11.0. The normalized spacial score (nSPS) is 16.3. The predicted molar refractivity (Wildman–Crippen MR) is 72.6 cm³/mol. The highest BCUT2D eigenvalue weighted by Crippen LogP contribution is 2.18. The van der Waals surface area contributed by atoms with Crippen molar-refractivity contribution in [3.63, 3.8) is 0 Å². The van der Waals surface area contributed by atoms with Gasteiger partial charge in [-0.3, -0.25) is 0 Å². The molecule has 1 aliphatic heterocycles. The van der Waals surface area contributed by atoms with E-state index in [2.05, 4.69) is 27.1 Å². The van der Waals surface area contributed by atoms with E-state index in [0.717, 1.165) is 32.5 Å². The number of carboxylic acids is 1. The highest BCUT2D eigenvalue weighted by molar-refractivity contribution is 5.88. The summed E-state index contributed by atoms with van der Waals surface area (Å²) in [6.45, 7) is 6.63. The number of carboxylic acid groups (broad SMARTS) is 1. The number of piperidine rings is 1. The molecule has 0 aliphatic carbocycles. The molecule has 1 aliphatic rings. The van der Waals surface area contributed by atoms with Gasteiger partial charge in [0.1, 0.15) is 0 Å². The topological polar surface area (TPSA) is 78.4 Å². The summed E-state index contributed by atoms with van der Waals surface area (Å²) in [7, 11) is 0. The fraction of sp³-hybridized carbons (Fsp3) is 0.615. The number of hydrogen-bond acceptors (Lipinski definition) is 5. The summed E-state index contributed by atoms with van der Waals surface area (Å²) in [4.78, 5) is 21.7. The van der Waals surface area contributed by atoms with Crippen LogP contribution in [-0.2, 0) is 0 Å². The summed E-state index contributed by atoms with van der Waals surface area (Å²) >= 11 is 0. The van der Waals surface area contributed by atoms with E-state index in [4.69, 9.17) is 5.11 Å². The van der Waals surface area contributed by atoms with Crippen LogP contribution in [0.4, 0.5) is 5.95 Å². The SMILES string of the molecule is CCN(c1ncc(C(=O)O)c(C)n1)C1CCNCC1. The van der Waals surface area contributed by atoms with E-state index in [-0.39, 0.29) is 5.56 Å². The van der Waals surface area contributed by atoms with Crippen molar-refractivity contribution in [1.82, 2.24) is 15.3 Å². The summed E-state index contributed by atoms with van der Waals surface area (Å²) in [5.41, 5.74) is 0.690. The minimum atomic E-state index is -0.978. The van der Waals surface area contributed by atoms with Gasteiger partial charge in [-0.2, -0.15) is 0 Å². The first-order chi connectivity index (χ1) is 9.13. The molecular weight excluding hydrogens is 244 g/mol. The van der Waals surface area contributed by atoms with Crippen LogP contribution in [0.3, 0.4) is 0 Å². The number of hydrogen-bond donors (Lipinski definition) is 2. The van der Waals surface area contributed by atoms with E-state index in [1.807, 2.05) is 0 Å². The number of aromatic nitrogens is 2. The molecule has 0 unspecified atom stereocenters. The third-order valence-corrected chi connectivity index (χ3v) is 3.54. The monoisotopic (exact) mass is 264 g/mol. The van der Waals surface area contributed by atoms with E-state index in [1.165, 1.54) is 6.20 Å². The van der Waals surface area contributed by atoms with Crippen LogP contribution in [-0.4, -0.2) is 46.7 Å². The average molecular weight is 264 g/mol. The Labute approximate surface area is 112 Å². The molecule has 0 radical (unpaired) electrons. The summed E-state index contributed by atoms with van der Waals surface area (Å²) in [6, 6.07) is 0.432. The first-order valence-electron chi connectivity index (χ1n) is 6.67. The zero-order valence-electron chi connectivity index (χ0n) is 11.4. The Hall–Kier alpha value is -1.69. The molecule has 0 aromatic carbocycles. The van der Waals surface area contributed by atoms with Crippen LogP contribution in [0.25, 0.3) is 0 Å². The van der Waals surface area contributed by atoms with Gasteiger partial charge in [0.25, 0.3) is 0 Å². The number of carbonyl (C=O) groups is 1. The van der Waals surface area contributed by atoms with E-state index in [0.29, 0.717) is 17.7 Å². The average Bonchev–Trinajstić information content (AvgIpc) is 2.40. The standard InChI is InChI=1S/C13H20N4O2/c1-3-17(10-4-6-14-7-5-10)13-15-8-11(12(18)19)9(2)16-13/h8,10,14H,3-7H2,1-2H3,(H,18,19). The Morgan fingerprint density at radius 3 is 2.74 bits per heavy atom. The molecule has 6 heteroatoms. The molecule has 104 valence electrons. The van der Waals surface area contributed by atoms with Gasteiger partial charge in [-0.25, -0.2) is 14.8 Å². The summed E-state index contributed by atoms with van der Waals surface area (Å²) < 4.78 is 0. The molecule has 2 heterocycles. The van der Waals surface area contributed by atoms with Crippen LogP contribution in [0.5, 0.6) is 0 Å². The van der Waals surface area contributed by atoms with Crippen LogP contribution in [0, 0.1) is 6.92 Å². The first-order valence-corrected chi connectivity index (χ1v) is 6.67. The van der Waals surface area contributed by atoms with Crippen molar-refractivity contribution in [2.75, 3.05) is 24.5 Å². The number of aromatic carboxylic acids is 1. The Balaban J connectivity index is 2.23. The minimum Gasteiger partial charge on any atom is -0.478 e. The lowest BCUT2D eigenvalue weighted by Gasteiger charge is -2.34. The van der Waals surface area contributed by atoms with Crippen molar-refractivity contribution >= 4 is 11.9 Å². The maximum atomic E-state index is 11.0. The molecule has 1 aromatic heterocycles. The molecular formula is C13H20N4O2. The smallest absolute Gasteiger partial charge is 0.339 e. The van der Waals surface area contributed by atoms with E-state index < -0.39 is 5.97 Å². The van der Waals surface area contributed by atoms with Crippen LogP contribution in [0.15, 0.2) is 6.20 Å². The first kappa shape index (κ1) is 13.7. The highest BCUT2D eigenvalue weighted by atomic mass is 16.4. The van der Waals surface area contributed by atoms with Crippen molar-refractivity contribution in [3.8, 4) is 0 Å². The van der Waals surface area contributed by atoms with Crippen LogP contribution >= 0.6 is 0 Å². The number of nitrogens with zero attached hydrogens (tertiary/aromatic N) is 3. The molecule has 0 amide bonds. The Bertz CT molecular complexity index is 458. The lowest BCUT2D eigenvalue weighted by atomic mass is 10.1. The molecule has 1 saturated heterocycles. The second-order valence-corrected chi connectivity index (χ2v) is 4.74. The number of rotatable bonds is 4. The van der Waals surface area contributed by atoms with Crippen LogP contribution < -0.4 is 10.2 Å². The van der Waals surface area contributed by atoms with Crippen molar-refractivity contribution in [1.29, 1.82) is 0 Å². The van der Waals surface area contributed by atoms with Gasteiger partial charge in [0.2, 0.25) is 5.95 Å². The summed E-state index contributed by atoms with van der Waals surface area (Å²) in [5.74, 6) is -0.342. The van der Waals surface area contributed by atoms with Gasteiger partial charge in [-0.05, 0) is 39.8 Å². The van der Waals surface area contributed by atoms with Crippen LogP contribution in [0.2, 0.25) is 0 Å². The fourth-order valence-corrected chi connectivity index (χ4v) is 2.48. The van der Waals surface area contributed by atoms with Gasteiger partial charge < -0.3 is 15.3 Å². The molecule has 0 saturated carbocycles. The van der Waals surface area contributed by atoms with Crippen molar-refractivity contribution in [2.45, 2.75) is 32.7 Å². The fourth-order valence-electron chi connectivity index (χ4n) is 2.48. The predicted octanol–water partition coefficient (Wildman–Crippen LogP) is 1.06. The number of aryl methyl sites for hydroxylation is 1. The molecule has 6 nitrogen and oxygen atoms in total. The lowest BCUT2D eigenvalue weighted by molar-refractivity contribution is 0.0695. The van der Waals surface area contributed by atoms with Gasteiger partial charge in [0.15, 0.2) is 0 Å². The second-order valence-electron chi connectivity index (χ2n) is 4.74. The van der Waals surface area contributed by atoms with E-state index in [9.17, 15) is 4.79 Å². The van der Waals surface area contributed by atoms with Crippen LogP contribution in [0.1, 0.15) is 35.8 Å². The molecule has 19 heavy (non-hydrogen) atoms. The number of nitrogens with one attached hydrogen (secondary N) is 1. The van der Waals surface area contributed by atoms with Crippen molar-refractivity contribution in [3.05, 3.63) is 17.5 Å². The van der Waals surface area contributed by atoms with Gasteiger partial charge >= 0.3 is 5.97 Å². The Kier molecular flexibility index (Phi) is 4.31. The second kappa shape index (κ2) is 5.97. The third kappa shape index (κ3) is 3.01. The van der Waals surface area contributed by atoms with Gasteiger partial charge in [-0.15, -0.1) is 0 Å². The molecule has 1 aromatic rings. The highest BCUT2D eigenvalue weighted by Gasteiger charge is 2.22. The molecule has 0 bridgehead atoms. The Morgan fingerprint density at radius 1 is 1.53 bits per heavy atom. The molecule has 0 atom stereocenters. The van der Waals surface area contributed by atoms with Gasteiger partial charge in [0.05, 0.1) is 11.3 Å². The van der Waals surface area contributed by atoms with Gasteiger partial charge in [-0.1, -0.05) is 0 Å². The summed E-state index contributed by atoms with van der Waals surface area (Å²) in [5, 5.41) is 12.3. The third-order valence-electron chi connectivity index (χ3n) is 3.54.